The summed E-state index contributed by atoms with van der Waals surface area (Å²) in [5.74, 6) is -0.415. The number of carbonyl (C=O) groups excluding carboxylic acids is 2. The molecule has 152 valence electrons. The van der Waals surface area contributed by atoms with Gasteiger partial charge in [-0.25, -0.2) is 4.79 Å². The van der Waals surface area contributed by atoms with E-state index in [-0.39, 0.29) is 18.9 Å². The van der Waals surface area contributed by atoms with Crippen LogP contribution in [0.1, 0.15) is 35.1 Å². The Morgan fingerprint density at radius 2 is 1.43 bits per heavy atom. The van der Waals surface area contributed by atoms with Gasteiger partial charge in [0.05, 0.1) is 19.6 Å². The molecule has 5 nitrogen and oxygen atoms in total. The zero-order chi connectivity index (χ0) is 20.9. The molecule has 1 aliphatic rings. The minimum absolute atomic E-state index is 0.0149. The van der Waals surface area contributed by atoms with E-state index in [1.807, 2.05) is 54.6 Å². The van der Waals surface area contributed by atoms with Crippen LogP contribution in [0.25, 0.3) is 11.1 Å². The van der Waals surface area contributed by atoms with Gasteiger partial charge in [-0.15, -0.1) is 0 Å². The van der Waals surface area contributed by atoms with Crippen LogP contribution in [0.15, 0.2) is 78.9 Å². The minimum Gasteiger partial charge on any atom is -0.469 e. The summed E-state index contributed by atoms with van der Waals surface area (Å²) in [6.07, 6.45) is -0.528. The lowest BCUT2D eigenvalue weighted by Gasteiger charge is -2.19. The van der Waals surface area contributed by atoms with Crippen molar-refractivity contribution < 1.29 is 19.1 Å². The molecule has 3 aromatic carbocycles. The highest BCUT2D eigenvalue weighted by Crippen LogP contribution is 2.44. The molecule has 1 atom stereocenters. The molecule has 0 spiro atoms. The predicted octanol–water partition coefficient (Wildman–Crippen LogP) is 4.83. The third-order valence-corrected chi connectivity index (χ3v) is 5.44. The maximum Gasteiger partial charge on any atom is 0.407 e. The van der Waals surface area contributed by atoms with Crippen molar-refractivity contribution in [1.29, 1.82) is 0 Å². The fourth-order valence-electron chi connectivity index (χ4n) is 3.97. The van der Waals surface area contributed by atoms with Gasteiger partial charge < -0.3 is 14.8 Å². The van der Waals surface area contributed by atoms with Crippen molar-refractivity contribution in [3.8, 4) is 11.1 Å². The lowest BCUT2D eigenvalue weighted by Crippen LogP contribution is -2.32. The molecule has 3 aromatic rings. The van der Waals surface area contributed by atoms with Gasteiger partial charge in [0.1, 0.15) is 6.61 Å². The summed E-state index contributed by atoms with van der Waals surface area (Å²) < 4.78 is 10.4. The van der Waals surface area contributed by atoms with Crippen molar-refractivity contribution in [3.05, 3.63) is 95.6 Å². The number of nitrogens with one attached hydrogen (secondary N) is 1. The summed E-state index contributed by atoms with van der Waals surface area (Å²) in [5, 5.41) is 2.81. The van der Waals surface area contributed by atoms with Gasteiger partial charge in [-0.2, -0.15) is 0 Å². The van der Waals surface area contributed by atoms with E-state index in [4.69, 9.17) is 9.47 Å². The average molecular weight is 401 g/mol. The fraction of sp³-hybridized carbons (Fsp3) is 0.200. The Bertz CT molecular complexity index is 1000. The molecule has 0 aromatic heterocycles. The van der Waals surface area contributed by atoms with E-state index in [2.05, 4.69) is 29.6 Å². The number of esters is 1. The van der Waals surface area contributed by atoms with Gasteiger partial charge in [0.15, 0.2) is 0 Å². The van der Waals surface area contributed by atoms with Crippen molar-refractivity contribution in [2.75, 3.05) is 13.7 Å². The number of alkyl carbamates (subject to hydrolysis) is 1. The number of rotatable bonds is 6. The molecule has 30 heavy (non-hydrogen) atoms. The zero-order valence-corrected chi connectivity index (χ0v) is 16.7. The maximum atomic E-state index is 12.6. The van der Waals surface area contributed by atoms with E-state index >= 15 is 0 Å². The fourth-order valence-corrected chi connectivity index (χ4v) is 3.97. The summed E-state index contributed by atoms with van der Waals surface area (Å²) in [6, 6.07) is 25.2. The number of hydrogen-bond acceptors (Lipinski definition) is 4. The van der Waals surface area contributed by atoms with Crippen molar-refractivity contribution in [3.63, 3.8) is 0 Å². The first-order valence-corrected chi connectivity index (χ1v) is 9.90. The second-order valence-corrected chi connectivity index (χ2v) is 7.21. The van der Waals surface area contributed by atoms with Gasteiger partial charge in [0, 0.05) is 5.92 Å². The Kier molecular flexibility index (Phi) is 5.80. The van der Waals surface area contributed by atoms with Crippen LogP contribution in [0, 0.1) is 0 Å². The number of carbonyl (C=O) groups is 2. The molecule has 1 aliphatic carbocycles. The van der Waals surface area contributed by atoms with E-state index in [0.717, 1.165) is 16.7 Å². The van der Waals surface area contributed by atoms with Crippen LogP contribution in [0.5, 0.6) is 0 Å². The summed E-state index contributed by atoms with van der Waals surface area (Å²) in [6.45, 7) is 0.222. The Labute approximate surface area is 175 Å². The number of ether oxygens (including phenoxy) is 2. The molecule has 1 N–H and O–H groups in total. The molecule has 0 saturated carbocycles. The molecule has 0 aliphatic heterocycles. The highest BCUT2D eigenvalue weighted by atomic mass is 16.5. The highest BCUT2D eigenvalue weighted by molar-refractivity contribution is 5.79. The highest BCUT2D eigenvalue weighted by Gasteiger charge is 2.29. The quantitative estimate of drug-likeness (QED) is 0.601. The van der Waals surface area contributed by atoms with Gasteiger partial charge in [0.2, 0.25) is 0 Å². The molecule has 0 bridgehead atoms. The molecular formula is C25H23NO4. The number of hydrogen-bond donors (Lipinski definition) is 1. The predicted molar refractivity (Wildman–Crippen MR) is 114 cm³/mol. The molecule has 0 saturated heterocycles. The molecule has 1 unspecified atom stereocenters. The maximum absolute atomic E-state index is 12.6. The van der Waals surface area contributed by atoms with E-state index in [9.17, 15) is 9.59 Å². The third kappa shape index (κ3) is 4.06. The SMILES string of the molecule is COC(=O)CC(NC(=O)OCC1c2ccccc2-c2ccccc21)c1ccccc1. The first-order valence-electron chi connectivity index (χ1n) is 9.90. The number of amides is 1. The Balaban J connectivity index is 1.47. The summed E-state index contributed by atoms with van der Waals surface area (Å²) >= 11 is 0. The van der Waals surface area contributed by atoms with E-state index in [0.29, 0.717) is 0 Å². The van der Waals surface area contributed by atoms with E-state index in [1.54, 1.807) is 0 Å². The van der Waals surface area contributed by atoms with Gasteiger partial charge in [-0.3, -0.25) is 4.79 Å². The van der Waals surface area contributed by atoms with Crippen LogP contribution in [-0.4, -0.2) is 25.8 Å². The van der Waals surface area contributed by atoms with Crippen LogP contribution >= 0.6 is 0 Å². The normalized spacial score (nSPS) is 13.1. The largest absolute Gasteiger partial charge is 0.469 e. The van der Waals surface area contributed by atoms with Crippen LogP contribution in [0.4, 0.5) is 4.79 Å². The van der Waals surface area contributed by atoms with Crippen LogP contribution < -0.4 is 5.32 Å². The molecule has 0 heterocycles. The van der Waals surface area contributed by atoms with E-state index in [1.165, 1.54) is 18.2 Å². The van der Waals surface area contributed by atoms with Crippen LogP contribution in [-0.2, 0) is 14.3 Å². The second kappa shape index (κ2) is 8.82. The van der Waals surface area contributed by atoms with Crippen molar-refractivity contribution in [1.82, 2.24) is 5.32 Å². The van der Waals surface area contributed by atoms with Gasteiger partial charge in [-0.1, -0.05) is 78.9 Å². The lowest BCUT2D eigenvalue weighted by molar-refractivity contribution is -0.141. The summed E-state index contributed by atoms with van der Waals surface area (Å²) in [5.41, 5.74) is 5.47. The van der Waals surface area contributed by atoms with Gasteiger partial charge in [-0.05, 0) is 27.8 Å². The zero-order valence-electron chi connectivity index (χ0n) is 16.7. The summed E-state index contributed by atoms with van der Waals surface area (Å²) in [7, 11) is 1.33. The number of benzene rings is 3. The Hall–Kier alpha value is -3.60. The van der Waals surface area contributed by atoms with Gasteiger partial charge in [0.25, 0.3) is 0 Å². The first-order chi connectivity index (χ1) is 14.7. The number of methoxy groups -OCH3 is 1. The molecule has 1 amide bonds. The third-order valence-electron chi connectivity index (χ3n) is 5.44. The molecule has 0 radical (unpaired) electrons. The Morgan fingerprint density at radius 1 is 0.867 bits per heavy atom. The Morgan fingerprint density at radius 3 is 2.03 bits per heavy atom. The first kappa shape index (κ1) is 19.7. The van der Waals surface area contributed by atoms with Gasteiger partial charge >= 0.3 is 12.1 Å². The smallest absolute Gasteiger partial charge is 0.407 e. The van der Waals surface area contributed by atoms with Crippen molar-refractivity contribution >= 4 is 12.1 Å². The van der Waals surface area contributed by atoms with Crippen molar-refractivity contribution in [2.24, 2.45) is 0 Å². The van der Waals surface area contributed by atoms with Crippen LogP contribution in [0.2, 0.25) is 0 Å². The lowest BCUT2D eigenvalue weighted by atomic mass is 9.98. The minimum atomic E-state index is -0.561. The molecule has 4 rings (SSSR count). The molecular weight excluding hydrogens is 378 g/mol. The second-order valence-electron chi connectivity index (χ2n) is 7.21. The topological polar surface area (TPSA) is 64.6 Å². The van der Waals surface area contributed by atoms with E-state index < -0.39 is 18.1 Å². The molecule has 0 fully saturated rings. The number of fused-ring (bicyclic) bond motifs is 3. The standard InChI is InChI=1S/C25H23NO4/c1-29-24(27)15-23(17-9-3-2-4-10-17)26-25(28)30-16-22-20-13-7-5-11-18(20)19-12-6-8-14-21(19)22/h2-14,22-23H,15-16H2,1H3,(H,26,28). The van der Waals surface area contributed by atoms with Crippen molar-refractivity contribution in [2.45, 2.75) is 18.4 Å². The van der Waals surface area contributed by atoms with Crippen LogP contribution in [0.3, 0.4) is 0 Å². The average Bonchev–Trinajstić information content (AvgIpc) is 3.11. The molecule has 5 heteroatoms. The summed E-state index contributed by atoms with van der Waals surface area (Å²) in [4.78, 5) is 24.4. The monoisotopic (exact) mass is 401 g/mol.